The largest absolute Gasteiger partial charge is 0.349 e. The molecule has 2 rings (SSSR count). The number of carbonyl (C=O) groups is 2. The zero-order chi connectivity index (χ0) is 18.9. The average Bonchev–Trinajstić information content (AvgIpc) is 2.63. The second-order valence-corrected chi connectivity index (χ2v) is 6.26. The minimum absolute atomic E-state index is 0. The summed E-state index contributed by atoms with van der Waals surface area (Å²) in [5.41, 5.74) is 2.39. The van der Waals surface area contributed by atoms with Gasteiger partial charge in [0.2, 0.25) is 5.91 Å². The molecule has 6 nitrogen and oxygen atoms in total. The first-order valence-electron chi connectivity index (χ1n) is 8.67. The number of rotatable bonds is 7. The molecule has 2 unspecified atom stereocenters. The van der Waals surface area contributed by atoms with Crippen LogP contribution in [0.4, 0.5) is 16.2 Å². The van der Waals surface area contributed by atoms with Gasteiger partial charge in [-0.25, -0.2) is 4.79 Å². The highest BCUT2D eigenvalue weighted by Crippen LogP contribution is 2.17. The Hall–Kier alpha value is -2.57. The Morgan fingerprint density at radius 1 is 0.889 bits per heavy atom. The molecule has 0 heterocycles. The summed E-state index contributed by atoms with van der Waals surface area (Å²) < 4.78 is 0. The van der Waals surface area contributed by atoms with E-state index in [1.165, 1.54) is 0 Å². The minimum atomic E-state index is -0.300. The molecule has 0 saturated heterocycles. The van der Waals surface area contributed by atoms with Crippen molar-refractivity contribution in [3.8, 4) is 0 Å². The highest BCUT2D eigenvalue weighted by molar-refractivity contribution is 5.99. The van der Waals surface area contributed by atoms with Gasteiger partial charge in [-0.3, -0.25) is 4.79 Å². The Labute approximate surface area is 166 Å². The van der Waals surface area contributed by atoms with E-state index in [2.05, 4.69) is 21.3 Å². The van der Waals surface area contributed by atoms with Crippen LogP contribution < -0.4 is 21.3 Å². The fraction of sp³-hybridized carbons (Fsp3) is 0.300. The number of benzene rings is 2. The molecule has 0 spiro atoms. The van der Waals surface area contributed by atoms with Crippen molar-refractivity contribution in [1.29, 1.82) is 0 Å². The third kappa shape index (κ3) is 7.29. The summed E-state index contributed by atoms with van der Waals surface area (Å²) in [5.74, 6) is -0.0821. The van der Waals surface area contributed by atoms with Gasteiger partial charge in [-0.1, -0.05) is 37.3 Å². The normalized spacial score (nSPS) is 12.3. The summed E-state index contributed by atoms with van der Waals surface area (Å²) in [6, 6.07) is 16.3. The predicted molar refractivity (Wildman–Crippen MR) is 112 cm³/mol. The van der Waals surface area contributed by atoms with Crippen molar-refractivity contribution >= 4 is 35.7 Å². The molecule has 2 aromatic rings. The summed E-state index contributed by atoms with van der Waals surface area (Å²) in [5, 5.41) is 11.5. The molecule has 2 aromatic carbocycles. The number of para-hydroxylation sites is 1. The summed E-state index contributed by atoms with van der Waals surface area (Å²) in [6.07, 6.45) is 0. The molecule has 0 aliphatic carbocycles. The van der Waals surface area contributed by atoms with E-state index in [-0.39, 0.29) is 36.3 Å². The van der Waals surface area contributed by atoms with Gasteiger partial charge in [0, 0.05) is 23.8 Å². The van der Waals surface area contributed by atoms with Crippen molar-refractivity contribution in [3.05, 3.63) is 60.2 Å². The molecule has 4 N–H and O–H groups in total. The van der Waals surface area contributed by atoms with Crippen LogP contribution in [-0.2, 0) is 4.79 Å². The van der Waals surface area contributed by atoms with Crippen LogP contribution in [0.5, 0.6) is 0 Å². The number of urea groups is 1. The van der Waals surface area contributed by atoms with Crippen LogP contribution in [-0.4, -0.2) is 25.5 Å². The molecular formula is C20H27ClN4O2. The summed E-state index contributed by atoms with van der Waals surface area (Å²) in [6.45, 7) is 4.46. The third-order valence-corrected chi connectivity index (χ3v) is 4.02. The second kappa shape index (κ2) is 11.2. The molecule has 0 bridgehead atoms. The first kappa shape index (κ1) is 22.5. The maximum Gasteiger partial charge on any atom is 0.323 e. The maximum absolute atomic E-state index is 12.1. The Bertz CT molecular complexity index is 723. The smallest absolute Gasteiger partial charge is 0.323 e. The molecule has 3 amide bonds. The lowest BCUT2D eigenvalue weighted by Gasteiger charge is -2.18. The summed E-state index contributed by atoms with van der Waals surface area (Å²) >= 11 is 0. The highest BCUT2D eigenvalue weighted by Gasteiger charge is 2.15. The average molecular weight is 391 g/mol. The Kier molecular flexibility index (Phi) is 9.33. The van der Waals surface area contributed by atoms with Crippen LogP contribution >= 0.6 is 12.4 Å². The second-order valence-electron chi connectivity index (χ2n) is 6.26. The van der Waals surface area contributed by atoms with Gasteiger partial charge in [-0.05, 0) is 43.8 Å². The number of amides is 3. The van der Waals surface area contributed by atoms with E-state index < -0.39 is 0 Å². The van der Waals surface area contributed by atoms with Crippen LogP contribution in [0.1, 0.15) is 25.5 Å². The van der Waals surface area contributed by atoms with Crippen molar-refractivity contribution in [1.82, 2.24) is 10.6 Å². The van der Waals surface area contributed by atoms with Gasteiger partial charge >= 0.3 is 6.03 Å². The molecule has 0 aliphatic heterocycles. The highest BCUT2D eigenvalue weighted by atomic mass is 35.5. The van der Waals surface area contributed by atoms with Crippen molar-refractivity contribution in [2.45, 2.75) is 19.9 Å². The molecule has 0 aromatic heterocycles. The Morgan fingerprint density at radius 3 is 2.00 bits per heavy atom. The van der Waals surface area contributed by atoms with Crippen LogP contribution in [0.25, 0.3) is 0 Å². The standard InChI is InChI=1S/C20H26N4O2.ClH/c1-14(13-21-3)19(25)22-15(2)16-9-11-18(12-10-16)24-20(26)23-17-7-5-4-6-8-17;/h4-12,14-15,21H,13H2,1-3H3,(H,22,25)(H2,23,24,26);1H. The Morgan fingerprint density at radius 2 is 1.44 bits per heavy atom. The molecule has 2 atom stereocenters. The van der Waals surface area contributed by atoms with Crippen molar-refractivity contribution in [3.63, 3.8) is 0 Å². The van der Waals surface area contributed by atoms with Gasteiger partial charge < -0.3 is 21.3 Å². The van der Waals surface area contributed by atoms with E-state index in [0.717, 1.165) is 11.3 Å². The maximum atomic E-state index is 12.1. The van der Waals surface area contributed by atoms with Gasteiger partial charge in [-0.2, -0.15) is 0 Å². The SMILES string of the molecule is CNCC(C)C(=O)NC(C)c1ccc(NC(=O)Nc2ccccc2)cc1.Cl. The number of nitrogens with one attached hydrogen (secondary N) is 4. The minimum Gasteiger partial charge on any atom is -0.349 e. The predicted octanol–water partition coefficient (Wildman–Crippen LogP) is 3.79. The van der Waals surface area contributed by atoms with E-state index in [9.17, 15) is 9.59 Å². The van der Waals surface area contributed by atoms with Gasteiger partial charge in [0.1, 0.15) is 0 Å². The molecule has 0 radical (unpaired) electrons. The van der Waals surface area contributed by atoms with Crippen LogP contribution in [0.15, 0.2) is 54.6 Å². The first-order chi connectivity index (χ1) is 12.5. The monoisotopic (exact) mass is 390 g/mol. The van der Waals surface area contributed by atoms with E-state index in [1.807, 2.05) is 75.5 Å². The molecule has 0 saturated carbocycles. The van der Waals surface area contributed by atoms with Crippen molar-refractivity contribution < 1.29 is 9.59 Å². The van der Waals surface area contributed by atoms with Gasteiger partial charge in [0.25, 0.3) is 0 Å². The molecule has 146 valence electrons. The fourth-order valence-electron chi connectivity index (χ4n) is 2.51. The zero-order valence-electron chi connectivity index (χ0n) is 15.8. The Balaban J connectivity index is 0.00000364. The molecular weight excluding hydrogens is 364 g/mol. The van der Waals surface area contributed by atoms with E-state index in [4.69, 9.17) is 0 Å². The summed E-state index contributed by atoms with van der Waals surface area (Å²) in [4.78, 5) is 24.1. The first-order valence-corrected chi connectivity index (χ1v) is 8.67. The van der Waals surface area contributed by atoms with Crippen LogP contribution in [0, 0.1) is 5.92 Å². The zero-order valence-corrected chi connectivity index (χ0v) is 16.6. The lowest BCUT2D eigenvalue weighted by atomic mass is 10.1. The number of anilines is 2. The quantitative estimate of drug-likeness (QED) is 0.580. The number of halogens is 1. The van der Waals surface area contributed by atoms with Crippen molar-refractivity contribution in [2.24, 2.45) is 5.92 Å². The van der Waals surface area contributed by atoms with Gasteiger partial charge in [0.15, 0.2) is 0 Å². The molecule has 0 aliphatic rings. The van der Waals surface area contributed by atoms with E-state index >= 15 is 0 Å². The van der Waals surface area contributed by atoms with Gasteiger partial charge in [-0.15, -0.1) is 12.4 Å². The fourth-order valence-corrected chi connectivity index (χ4v) is 2.51. The molecule has 7 heteroatoms. The van der Waals surface area contributed by atoms with Crippen LogP contribution in [0.2, 0.25) is 0 Å². The van der Waals surface area contributed by atoms with E-state index in [0.29, 0.717) is 12.2 Å². The third-order valence-electron chi connectivity index (χ3n) is 4.02. The lowest BCUT2D eigenvalue weighted by molar-refractivity contribution is -0.125. The molecule has 27 heavy (non-hydrogen) atoms. The van der Waals surface area contributed by atoms with Crippen molar-refractivity contribution in [2.75, 3.05) is 24.2 Å². The summed E-state index contributed by atoms with van der Waals surface area (Å²) in [7, 11) is 1.83. The number of hydrogen-bond donors (Lipinski definition) is 4. The number of carbonyl (C=O) groups excluding carboxylic acids is 2. The lowest BCUT2D eigenvalue weighted by Crippen LogP contribution is -2.35. The number of hydrogen-bond acceptors (Lipinski definition) is 3. The van der Waals surface area contributed by atoms with Gasteiger partial charge in [0.05, 0.1) is 6.04 Å². The molecule has 0 fully saturated rings. The van der Waals surface area contributed by atoms with E-state index in [1.54, 1.807) is 0 Å². The topological polar surface area (TPSA) is 82.3 Å². The van der Waals surface area contributed by atoms with Crippen LogP contribution in [0.3, 0.4) is 0 Å².